The zero-order valence-corrected chi connectivity index (χ0v) is 11.1. The van der Waals surface area contributed by atoms with Crippen molar-refractivity contribution in [2.24, 2.45) is 11.7 Å². The SMILES string of the molecule is NC(=O)c1ccc(CN2CCCC3CNCC32)cc1. The molecule has 19 heavy (non-hydrogen) atoms. The van der Waals surface area contributed by atoms with Crippen LogP contribution in [0.25, 0.3) is 0 Å². The number of amides is 1. The van der Waals surface area contributed by atoms with Gasteiger partial charge in [0, 0.05) is 24.7 Å². The standard InChI is InChI=1S/C15H21N3O/c16-15(19)12-5-3-11(4-6-12)10-18-7-1-2-13-8-17-9-14(13)18/h3-6,13-14,17H,1-2,7-10H2,(H2,16,19). The van der Waals surface area contributed by atoms with E-state index in [1.165, 1.54) is 31.5 Å². The first-order chi connectivity index (χ1) is 9.24. The van der Waals surface area contributed by atoms with Gasteiger partial charge in [-0.2, -0.15) is 0 Å². The van der Waals surface area contributed by atoms with Gasteiger partial charge in [-0.15, -0.1) is 0 Å². The Kier molecular flexibility index (Phi) is 3.53. The van der Waals surface area contributed by atoms with Gasteiger partial charge in [-0.1, -0.05) is 12.1 Å². The first-order valence-corrected chi connectivity index (χ1v) is 7.07. The molecule has 3 N–H and O–H groups in total. The van der Waals surface area contributed by atoms with Crippen LogP contribution in [0.1, 0.15) is 28.8 Å². The molecular weight excluding hydrogens is 238 g/mol. The highest BCUT2D eigenvalue weighted by Crippen LogP contribution is 2.27. The number of nitrogens with zero attached hydrogens (tertiary/aromatic N) is 1. The molecule has 102 valence electrons. The molecule has 0 saturated carbocycles. The molecule has 2 fully saturated rings. The Hall–Kier alpha value is -1.39. The molecule has 0 bridgehead atoms. The first kappa shape index (κ1) is 12.6. The Bertz CT molecular complexity index is 457. The third-order valence-electron chi connectivity index (χ3n) is 4.42. The average Bonchev–Trinajstić information content (AvgIpc) is 2.89. The van der Waals surface area contributed by atoms with Crippen molar-refractivity contribution in [2.45, 2.75) is 25.4 Å². The number of primary amides is 1. The van der Waals surface area contributed by atoms with Crippen molar-refractivity contribution in [3.8, 4) is 0 Å². The van der Waals surface area contributed by atoms with E-state index in [1.807, 2.05) is 24.3 Å². The van der Waals surface area contributed by atoms with Gasteiger partial charge in [0.25, 0.3) is 0 Å². The highest BCUT2D eigenvalue weighted by Gasteiger charge is 2.34. The molecular formula is C15H21N3O. The molecule has 0 aliphatic carbocycles. The lowest BCUT2D eigenvalue weighted by Gasteiger charge is -2.37. The van der Waals surface area contributed by atoms with E-state index in [1.54, 1.807) is 0 Å². The molecule has 1 amide bonds. The number of piperidine rings is 1. The van der Waals surface area contributed by atoms with Gasteiger partial charge in [0.15, 0.2) is 0 Å². The largest absolute Gasteiger partial charge is 0.366 e. The minimum Gasteiger partial charge on any atom is -0.366 e. The third kappa shape index (κ3) is 2.65. The second-order valence-electron chi connectivity index (χ2n) is 5.66. The predicted molar refractivity (Wildman–Crippen MR) is 74.8 cm³/mol. The number of benzene rings is 1. The van der Waals surface area contributed by atoms with Gasteiger partial charge in [0.05, 0.1) is 0 Å². The molecule has 2 aliphatic heterocycles. The highest BCUT2D eigenvalue weighted by molar-refractivity contribution is 5.92. The molecule has 2 atom stereocenters. The highest BCUT2D eigenvalue weighted by atomic mass is 16.1. The quantitative estimate of drug-likeness (QED) is 0.850. The molecule has 0 radical (unpaired) electrons. The Morgan fingerprint density at radius 2 is 2.11 bits per heavy atom. The minimum absolute atomic E-state index is 0.357. The molecule has 2 unspecified atom stereocenters. The molecule has 2 saturated heterocycles. The predicted octanol–water partition coefficient (Wildman–Crippen LogP) is 0.969. The second kappa shape index (κ2) is 5.31. The van der Waals surface area contributed by atoms with Crippen LogP contribution < -0.4 is 11.1 Å². The van der Waals surface area contributed by atoms with Crippen LogP contribution in [0.5, 0.6) is 0 Å². The van der Waals surface area contributed by atoms with E-state index in [4.69, 9.17) is 5.73 Å². The Balaban J connectivity index is 1.68. The number of hydrogen-bond donors (Lipinski definition) is 2. The lowest BCUT2D eigenvalue weighted by Crippen LogP contribution is -2.44. The van der Waals surface area contributed by atoms with Crippen molar-refractivity contribution >= 4 is 5.91 Å². The van der Waals surface area contributed by atoms with E-state index in [0.717, 1.165) is 19.0 Å². The summed E-state index contributed by atoms with van der Waals surface area (Å²) in [5.74, 6) is 0.461. The second-order valence-corrected chi connectivity index (χ2v) is 5.66. The third-order valence-corrected chi connectivity index (χ3v) is 4.42. The summed E-state index contributed by atoms with van der Waals surface area (Å²) in [6.07, 6.45) is 2.65. The van der Waals surface area contributed by atoms with Gasteiger partial charge >= 0.3 is 0 Å². The van der Waals surface area contributed by atoms with E-state index in [-0.39, 0.29) is 5.91 Å². The normalized spacial score (nSPS) is 27.2. The number of rotatable bonds is 3. The fraction of sp³-hybridized carbons (Fsp3) is 0.533. The van der Waals surface area contributed by atoms with Gasteiger partial charge in [-0.25, -0.2) is 0 Å². The number of hydrogen-bond acceptors (Lipinski definition) is 3. The Labute approximate surface area is 114 Å². The summed E-state index contributed by atoms with van der Waals surface area (Å²) < 4.78 is 0. The van der Waals surface area contributed by atoms with E-state index < -0.39 is 0 Å². The van der Waals surface area contributed by atoms with Crippen LogP contribution >= 0.6 is 0 Å². The summed E-state index contributed by atoms with van der Waals surface area (Å²) in [5.41, 5.74) is 7.11. The van der Waals surface area contributed by atoms with E-state index >= 15 is 0 Å². The fourth-order valence-corrected chi connectivity index (χ4v) is 3.37. The molecule has 2 heterocycles. The number of nitrogens with two attached hydrogens (primary N) is 1. The molecule has 4 heteroatoms. The van der Waals surface area contributed by atoms with Crippen LogP contribution in [0.4, 0.5) is 0 Å². The van der Waals surface area contributed by atoms with Crippen molar-refractivity contribution in [3.63, 3.8) is 0 Å². The summed E-state index contributed by atoms with van der Waals surface area (Å²) >= 11 is 0. The minimum atomic E-state index is -0.357. The molecule has 3 rings (SSSR count). The lowest BCUT2D eigenvalue weighted by molar-refractivity contribution is 0.1000. The monoisotopic (exact) mass is 259 g/mol. The van der Waals surface area contributed by atoms with Gasteiger partial charge in [0.1, 0.15) is 0 Å². The summed E-state index contributed by atoms with van der Waals surface area (Å²) in [5, 5.41) is 3.50. The average molecular weight is 259 g/mol. The van der Waals surface area contributed by atoms with Crippen LogP contribution in [0.2, 0.25) is 0 Å². The van der Waals surface area contributed by atoms with Crippen molar-refractivity contribution in [2.75, 3.05) is 19.6 Å². The van der Waals surface area contributed by atoms with E-state index in [9.17, 15) is 4.79 Å². The van der Waals surface area contributed by atoms with Gasteiger partial charge < -0.3 is 11.1 Å². The summed E-state index contributed by atoms with van der Waals surface area (Å²) in [7, 11) is 0. The molecule has 2 aliphatic rings. The van der Waals surface area contributed by atoms with E-state index in [0.29, 0.717) is 11.6 Å². The van der Waals surface area contributed by atoms with E-state index in [2.05, 4.69) is 10.2 Å². The van der Waals surface area contributed by atoms with Crippen LogP contribution in [0, 0.1) is 5.92 Å². The molecule has 1 aromatic carbocycles. The first-order valence-electron chi connectivity index (χ1n) is 7.07. The molecule has 4 nitrogen and oxygen atoms in total. The Morgan fingerprint density at radius 3 is 2.84 bits per heavy atom. The van der Waals surface area contributed by atoms with Crippen LogP contribution in [0.3, 0.4) is 0 Å². The smallest absolute Gasteiger partial charge is 0.248 e. The van der Waals surface area contributed by atoms with Crippen molar-refractivity contribution in [3.05, 3.63) is 35.4 Å². The summed E-state index contributed by atoms with van der Waals surface area (Å²) in [4.78, 5) is 13.6. The summed E-state index contributed by atoms with van der Waals surface area (Å²) in [6.45, 7) is 4.44. The van der Waals surface area contributed by atoms with Gasteiger partial charge in [-0.3, -0.25) is 9.69 Å². The lowest BCUT2D eigenvalue weighted by atomic mass is 9.91. The molecule has 0 aromatic heterocycles. The maximum atomic E-state index is 11.1. The van der Waals surface area contributed by atoms with Gasteiger partial charge in [0.2, 0.25) is 5.91 Å². The number of fused-ring (bicyclic) bond motifs is 1. The van der Waals surface area contributed by atoms with Crippen LogP contribution in [-0.2, 0) is 6.54 Å². The summed E-state index contributed by atoms with van der Waals surface area (Å²) in [6, 6.07) is 8.38. The van der Waals surface area contributed by atoms with Crippen molar-refractivity contribution in [1.29, 1.82) is 0 Å². The number of carbonyl (C=O) groups is 1. The van der Waals surface area contributed by atoms with Gasteiger partial charge in [-0.05, 0) is 49.5 Å². The number of likely N-dealkylation sites (tertiary alicyclic amines) is 1. The number of nitrogens with one attached hydrogen (secondary N) is 1. The molecule has 0 spiro atoms. The number of carbonyl (C=O) groups excluding carboxylic acids is 1. The zero-order valence-electron chi connectivity index (χ0n) is 11.1. The molecule has 1 aromatic rings. The maximum absolute atomic E-state index is 11.1. The van der Waals surface area contributed by atoms with Crippen molar-refractivity contribution in [1.82, 2.24) is 10.2 Å². The Morgan fingerprint density at radius 1 is 1.32 bits per heavy atom. The fourth-order valence-electron chi connectivity index (χ4n) is 3.37. The van der Waals surface area contributed by atoms with Crippen LogP contribution in [0.15, 0.2) is 24.3 Å². The topological polar surface area (TPSA) is 58.4 Å². The maximum Gasteiger partial charge on any atom is 0.248 e. The zero-order chi connectivity index (χ0) is 13.2. The van der Waals surface area contributed by atoms with Crippen LogP contribution in [-0.4, -0.2) is 36.5 Å². The van der Waals surface area contributed by atoms with Crippen molar-refractivity contribution < 1.29 is 4.79 Å².